The first-order chi connectivity index (χ1) is 13.2. The minimum absolute atomic E-state index is 0.0285. The van der Waals surface area contributed by atoms with Gasteiger partial charge in [-0.3, -0.25) is 4.79 Å². The van der Waals surface area contributed by atoms with Gasteiger partial charge in [-0.2, -0.15) is 13.2 Å². The van der Waals surface area contributed by atoms with Gasteiger partial charge in [0.2, 0.25) is 18.1 Å². The molecule has 0 bridgehead atoms. The first kappa shape index (κ1) is 19.9. The van der Waals surface area contributed by atoms with Crippen molar-refractivity contribution in [1.82, 2.24) is 5.27 Å². The molecule has 10 heteroatoms. The molecule has 0 aliphatic heterocycles. The Hall–Kier alpha value is -2.88. The van der Waals surface area contributed by atoms with Gasteiger partial charge in [0.25, 0.3) is 0 Å². The van der Waals surface area contributed by atoms with Crippen molar-refractivity contribution in [2.75, 3.05) is 5.32 Å². The molecule has 0 aliphatic carbocycles. The Morgan fingerprint density at radius 2 is 1.96 bits per heavy atom. The molecule has 2 aromatic carbocycles. The average molecular weight is 455 g/mol. The largest absolute Gasteiger partial charge is 0.424 e. The zero-order valence-electron chi connectivity index (χ0n) is 14.4. The van der Waals surface area contributed by atoms with Crippen LogP contribution in [0.15, 0.2) is 63.7 Å². The van der Waals surface area contributed by atoms with Crippen LogP contribution in [0.1, 0.15) is 24.1 Å². The summed E-state index contributed by atoms with van der Waals surface area (Å²) in [5.41, 5.74) is 0.0618. The number of nitrogens with zero attached hydrogens (tertiary/aromatic N) is 3. The molecule has 6 nitrogen and oxygen atoms in total. The van der Waals surface area contributed by atoms with Crippen LogP contribution in [-0.2, 0) is 6.18 Å². The molecule has 0 spiro atoms. The fourth-order valence-corrected chi connectivity index (χ4v) is 2.66. The molecule has 1 unspecified atom stereocenters. The molecule has 3 aromatic rings. The number of urea groups is 1. The summed E-state index contributed by atoms with van der Waals surface area (Å²) >= 11 is 3.36. The summed E-state index contributed by atoms with van der Waals surface area (Å²) in [5, 5.41) is 9.77. The van der Waals surface area contributed by atoms with Crippen LogP contribution < -0.4 is 10.00 Å². The maximum Gasteiger partial charge on any atom is 0.416 e. The fraction of sp³-hybridized carbons (Fsp3) is 0.167. The van der Waals surface area contributed by atoms with Gasteiger partial charge in [-0.25, -0.2) is 0 Å². The van der Waals surface area contributed by atoms with Crippen molar-refractivity contribution in [2.45, 2.75) is 19.1 Å². The second-order valence-corrected chi connectivity index (χ2v) is 6.78. The van der Waals surface area contributed by atoms with Crippen molar-refractivity contribution >= 4 is 33.5 Å². The molecular formula is C18H14BrF3N4O2. The molecule has 3 rings (SSSR count). The third-order valence-electron chi connectivity index (χ3n) is 3.87. The summed E-state index contributed by atoms with van der Waals surface area (Å²) in [7, 11) is 0. The third kappa shape index (κ3) is 4.89. The quantitative estimate of drug-likeness (QED) is 0.522. The van der Waals surface area contributed by atoms with Crippen LogP contribution in [0, 0.1) is 0 Å². The Morgan fingerprint density at radius 3 is 2.64 bits per heavy atom. The lowest BCUT2D eigenvalue weighted by Crippen LogP contribution is -2.39. The Kier molecular flexibility index (Phi) is 5.68. The molecule has 0 saturated heterocycles. The zero-order valence-corrected chi connectivity index (χ0v) is 16.0. The summed E-state index contributed by atoms with van der Waals surface area (Å²) in [5.74, 6) is -0.0755. The van der Waals surface area contributed by atoms with Crippen LogP contribution in [0.2, 0.25) is 0 Å². The number of amides is 2. The monoisotopic (exact) mass is 454 g/mol. The molecule has 1 aromatic heterocycles. The van der Waals surface area contributed by atoms with Crippen LogP contribution >= 0.6 is 15.9 Å². The van der Waals surface area contributed by atoms with Gasteiger partial charge in [-0.1, -0.05) is 46.3 Å². The van der Waals surface area contributed by atoms with E-state index in [9.17, 15) is 18.0 Å². The second-order valence-electron chi connectivity index (χ2n) is 5.87. The summed E-state index contributed by atoms with van der Waals surface area (Å²) in [6.07, 6.45) is -3.07. The number of aromatic nitrogens is 2. The Bertz CT molecular complexity index is 973. The summed E-state index contributed by atoms with van der Waals surface area (Å²) in [6, 6.07) is 10.8. The molecule has 0 saturated carbocycles. The van der Waals surface area contributed by atoms with Crippen molar-refractivity contribution in [3.63, 3.8) is 0 Å². The molecule has 28 heavy (non-hydrogen) atoms. The molecule has 0 aliphatic rings. The van der Waals surface area contributed by atoms with Gasteiger partial charge in [0.1, 0.15) is 0 Å². The Balaban J connectivity index is 1.65. The van der Waals surface area contributed by atoms with Crippen LogP contribution in [0.25, 0.3) is 5.32 Å². The number of hydrogen-bond donors (Lipinski definition) is 1. The Morgan fingerprint density at radius 1 is 1.25 bits per heavy atom. The van der Waals surface area contributed by atoms with Crippen molar-refractivity contribution in [3.8, 4) is 0 Å². The SMILES string of the molecule is CC(c1ccc(Br)cc1)[n+]1cc([N-]C(=O)Nc2cccc(C(F)(F)F)c2)on1. The van der Waals surface area contributed by atoms with Crippen LogP contribution in [0.5, 0.6) is 0 Å². The summed E-state index contributed by atoms with van der Waals surface area (Å²) in [4.78, 5) is 12.0. The highest BCUT2D eigenvalue weighted by Crippen LogP contribution is 2.31. The fourth-order valence-electron chi connectivity index (χ4n) is 2.40. The van der Waals surface area contributed by atoms with E-state index in [-0.39, 0.29) is 17.6 Å². The Labute approximate surface area is 166 Å². The van der Waals surface area contributed by atoms with Crippen LogP contribution in [0.4, 0.5) is 29.5 Å². The number of anilines is 1. The van der Waals surface area contributed by atoms with E-state index in [1.165, 1.54) is 23.0 Å². The van der Waals surface area contributed by atoms with E-state index in [1.54, 1.807) is 0 Å². The van der Waals surface area contributed by atoms with Crippen molar-refractivity contribution in [3.05, 3.63) is 75.6 Å². The van der Waals surface area contributed by atoms with E-state index in [0.29, 0.717) is 0 Å². The average Bonchev–Trinajstić information content (AvgIpc) is 3.09. The molecule has 1 heterocycles. The maximum atomic E-state index is 12.7. The molecule has 1 atom stereocenters. The highest BCUT2D eigenvalue weighted by atomic mass is 79.9. The smallest absolute Gasteiger partial charge is 0.416 e. The van der Waals surface area contributed by atoms with E-state index in [1.807, 2.05) is 31.2 Å². The van der Waals surface area contributed by atoms with Crippen LogP contribution in [-0.4, -0.2) is 11.3 Å². The van der Waals surface area contributed by atoms with Crippen molar-refractivity contribution in [1.29, 1.82) is 0 Å². The lowest BCUT2D eigenvalue weighted by atomic mass is 10.1. The van der Waals surface area contributed by atoms with Crippen LogP contribution in [0.3, 0.4) is 0 Å². The lowest BCUT2D eigenvalue weighted by Gasteiger charge is -2.15. The topological polar surface area (TPSA) is 73.1 Å². The molecular weight excluding hydrogens is 441 g/mol. The molecule has 0 radical (unpaired) electrons. The second kappa shape index (κ2) is 8.01. The molecule has 146 valence electrons. The van der Waals surface area contributed by atoms with Gasteiger partial charge in [-0.15, -0.1) is 0 Å². The van der Waals surface area contributed by atoms with Gasteiger partial charge in [0.05, 0.1) is 5.56 Å². The van der Waals surface area contributed by atoms with Gasteiger partial charge in [-0.05, 0) is 28.6 Å². The number of rotatable bonds is 4. The molecule has 1 N–H and O–H groups in total. The van der Waals surface area contributed by atoms with Gasteiger partial charge in [0, 0.05) is 17.0 Å². The first-order valence-corrected chi connectivity index (χ1v) is 8.85. The number of carbonyl (C=O) groups is 1. The maximum absolute atomic E-state index is 12.7. The van der Waals surface area contributed by atoms with E-state index in [0.717, 1.165) is 22.2 Å². The number of nitrogens with one attached hydrogen (secondary N) is 1. The highest BCUT2D eigenvalue weighted by molar-refractivity contribution is 9.10. The minimum Gasteiger partial charge on any atom is -0.424 e. The zero-order chi connectivity index (χ0) is 20.3. The predicted octanol–water partition coefficient (Wildman–Crippen LogP) is 5.59. The molecule has 0 fully saturated rings. The minimum atomic E-state index is -4.50. The lowest BCUT2D eigenvalue weighted by molar-refractivity contribution is -0.774. The van der Waals surface area contributed by atoms with Gasteiger partial charge >= 0.3 is 6.18 Å². The van der Waals surface area contributed by atoms with E-state index in [4.69, 9.17) is 4.52 Å². The summed E-state index contributed by atoms with van der Waals surface area (Å²) in [6.45, 7) is 1.89. The number of carbonyl (C=O) groups excluding carboxylic acids is 1. The standard InChI is InChI=1S/C18H14BrF3N4O2/c1-11(12-5-7-14(19)8-6-12)26-10-16(28-25-26)24-17(27)23-15-4-2-3-13(9-15)18(20,21)22/h2-11H,1H3,(H-,23,24,25,27). The first-order valence-electron chi connectivity index (χ1n) is 8.06. The van der Waals surface area contributed by atoms with Crippen molar-refractivity contribution in [2.24, 2.45) is 0 Å². The van der Waals surface area contributed by atoms with Gasteiger partial charge < -0.3 is 15.2 Å². The summed E-state index contributed by atoms with van der Waals surface area (Å²) < 4.78 is 45.6. The predicted molar refractivity (Wildman–Crippen MR) is 98.1 cm³/mol. The number of hydrogen-bond acceptors (Lipinski definition) is 3. The van der Waals surface area contributed by atoms with E-state index >= 15 is 0 Å². The van der Waals surface area contributed by atoms with Gasteiger partial charge in [0.15, 0.2) is 11.3 Å². The number of benzene rings is 2. The third-order valence-corrected chi connectivity index (χ3v) is 4.40. The number of halogens is 4. The van der Waals surface area contributed by atoms with E-state index in [2.05, 4.69) is 31.8 Å². The molecule has 2 amide bonds. The number of alkyl halides is 3. The highest BCUT2D eigenvalue weighted by Gasteiger charge is 2.30. The van der Waals surface area contributed by atoms with Crippen molar-refractivity contribution < 1.29 is 27.2 Å². The normalized spacial score (nSPS) is 12.5. The van der Waals surface area contributed by atoms with E-state index < -0.39 is 17.8 Å².